The number of imidazole rings is 1. The van der Waals surface area contributed by atoms with Crippen molar-refractivity contribution in [3.8, 4) is 5.69 Å². The molecule has 0 aliphatic carbocycles. The summed E-state index contributed by atoms with van der Waals surface area (Å²) in [6.07, 6.45) is 3.33. The van der Waals surface area contributed by atoms with E-state index in [2.05, 4.69) is 10.3 Å². The van der Waals surface area contributed by atoms with E-state index in [0.717, 1.165) is 0 Å². The van der Waals surface area contributed by atoms with Gasteiger partial charge in [0.15, 0.2) is 0 Å². The van der Waals surface area contributed by atoms with E-state index >= 15 is 0 Å². The highest BCUT2D eigenvalue weighted by Gasteiger charge is 2.21. The lowest BCUT2D eigenvalue weighted by molar-refractivity contribution is -0.118. The summed E-state index contributed by atoms with van der Waals surface area (Å²) in [6.45, 7) is 1.70. The molecule has 1 aromatic carbocycles. The summed E-state index contributed by atoms with van der Waals surface area (Å²) in [5, 5.41) is 3.05. The normalized spacial score (nSPS) is 11.4. The molecule has 0 aliphatic rings. The Hall–Kier alpha value is -1.86. The van der Waals surface area contributed by atoms with Crippen LogP contribution >= 0.6 is 11.6 Å². The second kappa shape index (κ2) is 6.93. The smallest absolute Gasteiger partial charge is 0.232 e. The van der Waals surface area contributed by atoms with Crippen LogP contribution < -0.4 is 5.32 Å². The summed E-state index contributed by atoms with van der Waals surface area (Å²) in [5.74, 6) is -0.275. The standard InChI is InChI=1S/C14H16ClN3O3S/c1-11(19)16-6-3-9-22(20,21)14-17-7-8-18(14)13-5-2-4-12(15)10-13/h2,4-5,7-8,10H,3,6,9H2,1H3,(H,16,19). The third kappa shape index (κ3) is 4.08. The van der Waals surface area contributed by atoms with E-state index in [9.17, 15) is 13.2 Å². The highest BCUT2D eigenvalue weighted by Crippen LogP contribution is 2.19. The van der Waals surface area contributed by atoms with Crippen molar-refractivity contribution in [1.82, 2.24) is 14.9 Å². The van der Waals surface area contributed by atoms with E-state index in [1.807, 2.05) is 0 Å². The van der Waals surface area contributed by atoms with Crippen molar-refractivity contribution in [3.63, 3.8) is 0 Å². The molecule has 0 fully saturated rings. The monoisotopic (exact) mass is 341 g/mol. The topological polar surface area (TPSA) is 81.1 Å². The Morgan fingerprint density at radius 1 is 1.41 bits per heavy atom. The van der Waals surface area contributed by atoms with E-state index in [1.165, 1.54) is 17.7 Å². The molecule has 0 saturated carbocycles. The molecular formula is C14H16ClN3O3S. The molecule has 0 aliphatic heterocycles. The first-order chi connectivity index (χ1) is 10.4. The fraction of sp³-hybridized carbons (Fsp3) is 0.286. The third-order valence-electron chi connectivity index (χ3n) is 2.94. The van der Waals surface area contributed by atoms with Crippen LogP contribution in [0.4, 0.5) is 0 Å². The van der Waals surface area contributed by atoms with Crippen molar-refractivity contribution in [2.75, 3.05) is 12.3 Å². The van der Waals surface area contributed by atoms with Gasteiger partial charge in [0.2, 0.25) is 20.9 Å². The zero-order chi connectivity index (χ0) is 16.2. The van der Waals surface area contributed by atoms with Gasteiger partial charge in [0.1, 0.15) is 0 Å². The number of aromatic nitrogens is 2. The van der Waals surface area contributed by atoms with Crippen LogP contribution in [-0.2, 0) is 14.6 Å². The first kappa shape index (κ1) is 16.5. The minimum Gasteiger partial charge on any atom is -0.356 e. The van der Waals surface area contributed by atoms with E-state index < -0.39 is 9.84 Å². The Kier molecular flexibility index (Phi) is 5.20. The molecule has 1 heterocycles. The number of amides is 1. The van der Waals surface area contributed by atoms with E-state index in [1.54, 1.807) is 30.5 Å². The molecular weight excluding hydrogens is 326 g/mol. The summed E-state index contributed by atoms with van der Waals surface area (Å²) >= 11 is 5.94. The van der Waals surface area contributed by atoms with Crippen LogP contribution in [0.2, 0.25) is 5.02 Å². The third-order valence-corrected chi connectivity index (χ3v) is 4.85. The fourth-order valence-electron chi connectivity index (χ4n) is 1.96. The second-order valence-corrected chi connectivity index (χ2v) is 7.15. The van der Waals surface area contributed by atoms with Crippen LogP contribution in [0.25, 0.3) is 5.69 Å². The van der Waals surface area contributed by atoms with Gasteiger partial charge in [0, 0.05) is 36.6 Å². The number of sulfone groups is 1. The van der Waals surface area contributed by atoms with Crippen LogP contribution in [0.15, 0.2) is 41.8 Å². The van der Waals surface area contributed by atoms with Crippen LogP contribution in [-0.4, -0.2) is 36.2 Å². The Morgan fingerprint density at radius 2 is 2.18 bits per heavy atom. The van der Waals surface area contributed by atoms with E-state index in [-0.39, 0.29) is 16.8 Å². The summed E-state index contributed by atoms with van der Waals surface area (Å²) in [5.41, 5.74) is 0.630. The number of nitrogens with one attached hydrogen (secondary N) is 1. The maximum atomic E-state index is 12.4. The van der Waals surface area contributed by atoms with Gasteiger partial charge in [-0.15, -0.1) is 0 Å². The predicted molar refractivity (Wildman–Crippen MR) is 83.9 cm³/mol. The summed E-state index contributed by atoms with van der Waals surface area (Å²) in [4.78, 5) is 14.7. The van der Waals surface area contributed by atoms with Crippen molar-refractivity contribution >= 4 is 27.3 Å². The second-order valence-electron chi connectivity index (χ2n) is 4.72. The Labute approximate surface area is 134 Å². The number of hydrogen-bond acceptors (Lipinski definition) is 4. The number of carbonyl (C=O) groups excluding carboxylic acids is 1. The average Bonchev–Trinajstić information content (AvgIpc) is 2.94. The van der Waals surface area contributed by atoms with Crippen molar-refractivity contribution in [2.45, 2.75) is 18.5 Å². The number of carbonyl (C=O) groups is 1. The highest BCUT2D eigenvalue weighted by atomic mass is 35.5. The molecule has 0 spiro atoms. The molecule has 2 aromatic rings. The van der Waals surface area contributed by atoms with Crippen LogP contribution in [0.5, 0.6) is 0 Å². The van der Waals surface area contributed by atoms with Crippen molar-refractivity contribution in [2.24, 2.45) is 0 Å². The number of halogens is 1. The molecule has 0 saturated heterocycles. The Balaban J connectivity index is 2.19. The summed E-state index contributed by atoms with van der Waals surface area (Å²) in [7, 11) is -3.55. The molecule has 0 bridgehead atoms. The predicted octanol–water partition coefficient (Wildman–Crippen LogP) is 1.83. The van der Waals surface area contributed by atoms with Gasteiger partial charge < -0.3 is 5.32 Å². The number of hydrogen-bond donors (Lipinski definition) is 1. The average molecular weight is 342 g/mol. The molecule has 0 radical (unpaired) electrons. The maximum absolute atomic E-state index is 12.4. The molecule has 1 aromatic heterocycles. The SMILES string of the molecule is CC(=O)NCCCS(=O)(=O)c1nccn1-c1cccc(Cl)c1. The maximum Gasteiger partial charge on any atom is 0.232 e. The molecule has 118 valence electrons. The lowest BCUT2D eigenvalue weighted by Gasteiger charge is -2.09. The molecule has 1 N–H and O–H groups in total. The molecule has 2 rings (SSSR count). The van der Waals surface area contributed by atoms with Crippen LogP contribution in [0.3, 0.4) is 0 Å². The molecule has 6 nitrogen and oxygen atoms in total. The lowest BCUT2D eigenvalue weighted by Crippen LogP contribution is -2.23. The zero-order valence-corrected chi connectivity index (χ0v) is 13.6. The van der Waals surface area contributed by atoms with E-state index in [0.29, 0.717) is 23.7 Å². The van der Waals surface area contributed by atoms with E-state index in [4.69, 9.17) is 11.6 Å². The molecule has 8 heteroatoms. The van der Waals surface area contributed by atoms with Gasteiger partial charge in [-0.1, -0.05) is 17.7 Å². The fourth-order valence-corrected chi connectivity index (χ4v) is 3.54. The van der Waals surface area contributed by atoms with Gasteiger partial charge in [-0.25, -0.2) is 13.4 Å². The van der Waals surface area contributed by atoms with Gasteiger partial charge in [-0.05, 0) is 24.6 Å². The van der Waals surface area contributed by atoms with Crippen molar-refractivity contribution in [1.29, 1.82) is 0 Å². The largest absolute Gasteiger partial charge is 0.356 e. The van der Waals surface area contributed by atoms with Gasteiger partial charge in [0.05, 0.1) is 5.75 Å². The quantitative estimate of drug-likeness (QED) is 0.813. The van der Waals surface area contributed by atoms with Crippen LogP contribution in [0.1, 0.15) is 13.3 Å². The molecule has 0 unspecified atom stereocenters. The first-order valence-electron chi connectivity index (χ1n) is 6.66. The lowest BCUT2D eigenvalue weighted by atomic mass is 10.3. The van der Waals surface area contributed by atoms with Gasteiger partial charge in [-0.2, -0.15) is 0 Å². The minimum atomic E-state index is -3.55. The van der Waals surface area contributed by atoms with Crippen molar-refractivity contribution in [3.05, 3.63) is 41.7 Å². The van der Waals surface area contributed by atoms with Crippen molar-refractivity contribution < 1.29 is 13.2 Å². The van der Waals surface area contributed by atoms with Gasteiger partial charge in [-0.3, -0.25) is 9.36 Å². The molecule has 22 heavy (non-hydrogen) atoms. The molecule has 0 atom stereocenters. The molecule has 1 amide bonds. The highest BCUT2D eigenvalue weighted by molar-refractivity contribution is 7.91. The first-order valence-corrected chi connectivity index (χ1v) is 8.69. The minimum absolute atomic E-state index is 0.0300. The van der Waals surface area contributed by atoms with Gasteiger partial charge in [0.25, 0.3) is 0 Å². The number of rotatable bonds is 6. The summed E-state index contributed by atoms with van der Waals surface area (Å²) in [6, 6.07) is 6.87. The Bertz CT molecular complexity index is 771. The number of benzene rings is 1. The Morgan fingerprint density at radius 3 is 2.86 bits per heavy atom. The number of nitrogens with zero attached hydrogens (tertiary/aromatic N) is 2. The van der Waals surface area contributed by atoms with Gasteiger partial charge >= 0.3 is 0 Å². The summed E-state index contributed by atoms with van der Waals surface area (Å²) < 4.78 is 26.3. The van der Waals surface area contributed by atoms with Crippen LogP contribution in [0, 0.1) is 0 Å². The zero-order valence-electron chi connectivity index (χ0n) is 12.0.